The number of fused-ring (bicyclic) bond motifs is 1. The number of carbonyl (C=O) groups excluding carboxylic acids is 1. The Morgan fingerprint density at radius 1 is 1.43 bits per heavy atom. The number of rotatable bonds is 0. The average molecular weight is 252 g/mol. The number of carbonyl (C=O) groups is 1. The van der Waals surface area contributed by atoms with Gasteiger partial charge in [0.1, 0.15) is 0 Å². The third-order valence-electron chi connectivity index (χ3n) is 2.43. The maximum absolute atomic E-state index is 11.6. The van der Waals surface area contributed by atoms with Gasteiger partial charge in [-0.3, -0.25) is 9.79 Å². The minimum Gasteiger partial charge on any atom is -0.294 e. The SMILES string of the molecule is CC1=CC(=O)C2C=CC(Br)=C(C)C2=N1. The molecule has 0 amide bonds. The topological polar surface area (TPSA) is 29.4 Å². The molecule has 1 heterocycles. The van der Waals surface area contributed by atoms with Crippen LogP contribution in [-0.4, -0.2) is 11.5 Å². The molecule has 1 aliphatic carbocycles. The van der Waals surface area contributed by atoms with E-state index in [2.05, 4.69) is 20.9 Å². The summed E-state index contributed by atoms with van der Waals surface area (Å²) in [5.74, 6) is -0.0388. The number of allylic oxidation sites excluding steroid dienone is 6. The van der Waals surface area contributed by atoms with Gasteiger partial charge in [0.05, 0.1) is 11.6 Å². The molecular weight excluding hydrogens is 242 g/mol. The molecule has 1 atom stereocenters. The van der Waals surface area contributed by atoms with E-state index < -0.39 is 0 Å². The van der Waals surface area contributed by atoms with Gasteiger partial charge in [-0.15, -0.1) is 0 Å². The van der Waals surface area contributed by atoms with E-state index in [0.29, 0.717) is 0 Å². The molecule has 14 heavy (non-hydrogen) atoms. The molecule has 2 nitrogen and oxygen atoms in total. The monoisotopic (exact) mass is 251 g/mol. The average Bonchev–Trinajstić information content (AvgIpc) is 2.12. The summed E-state index contributed by atoms with van der Waals surface area (Å²) in [4.78, 5) is 16.0. The summed E-state index contributed by atoms with van der Waals surface area (Å²) < 4.78 is 1.01. The highest BCUT2D eigenvalue weighted by molar-refractivity contribution is 9.12. The lowest BCUT2D eigenvalue weighted by Crippen LogP contribution is -2.27. The first-order chi connectivity index (χ1) is 6.59. The normalized spacial score (nSPS) is 25.9. The van der Waals surface area contributed by atoms with Crippen LogP contribution in [0.25, 0.3) is 0 Å². The first kappa shape index (κ1) is 9.59. The van der Waals surface area contributed by atoms with Crippen LogP contribution in [0.3, 0.4) is 0 Å². The Kier molecular flexibility index (Phi) is 2.27. The Balaban J connectivity index is 2.54. The van der Waals surface area contributed by atoms with E-state index in [0.717, 1.165) is 21.5 Å². The molecular formula is C11H10BrNO. The van der Waals surface area contributed by atoms with E-state index in [1.807, 2.05) is 26.0 Å². The van der Waals surface area contributed by atoms with Crippen LogP contribution >= 0.6 is 15.9 Å². The molecule has 0 fully saturated rings. The lowest BCUT2D eigenvalue weighted by molar-refractivity contribution is -0.115. The van der Waals surface area contributed by atoms with Crippen molar-refractivity contribution >= 4 is 27.4 Å². The standard InChI is InChI=1S/C11H10BrNO/c1-6-5-10(14)8-3-4-9(12)7(2)11(8)13-6/h3-5,8H,1-2H3. The minimum absolute atomic E-state index is 0.128. The van der Waals surface area contributed by atoms with Crippen LogP contribution in [0.15, 0.2) is 39.0 Å². The van der Waals surface area contributed by atoms with Crippen LogP contribution in [0.5, 0.6) is 0 Å². The van der Waals surface area contributed by atoms with Gasteiger partial charge in [0.15, 0.2) is 5.78 Å². The molecule has 0 aromatic carbocycles. The maximum Gasteiger partial charge on any atom is 0.170 e. The summed E-state index contributed by atoms with van der Waals surface area (Å²) >= 11 is 3.44. The minimum atomic E-state index is -0.167. The van der Waals surface area contributed by atoms with Gasteiger partial charge >= 0.3 is 0 Å². The highest BCUT2D eigenvalue weighted by atomic mass is 79.9. The molecule has 0 aromatic rings. The quantitative estimate of drug-likeness (QED) is 0.651. The van der Waals surface area contributed by atoms with Crippen molar-refractivity contribution in [3.8, 4) is 0 Å². The van der Waals surface area contributed by atoms with Crippen molar-refractivity contribution in [2.45, 2.75) is 13.8 Å². The van der Waals surface area contributed by atoms with Crippen molar-refractivity contribution in [1.29, 1.82) is 0 Å². The molecule has 2 aliphatic rings. The van der Waals surface area contributed by atoms with Crippen LogP contribution < -0.4 is 0 Å². The van der Waals surface area contributed by atoms with Gasteiger partial charge in [0.2, 0.25) is 0 Å². The van der Waals surface area contributed by atoms with Gasteiger partial charge in [-0.2, -0.15) is 0 Å². The van der Waals surface area contributed by atoms with Crippen molar-refractivity contribution in [1.82, 2.24) is 0 Å². The fraction of sp³-hybridized carbons (Fsp3) is 0.273. The number of nitrogens with zero attached hydrogens (tertiary/aromatic N) is 1. The molecule has 0 N–H and O–H groups in total. The summed E-state index contributed by atoms with van der Waals surface area (Å²) in [5.41, 5.74) is 2.72. The van der Waals surface area contributed by atoms with Gasteiger partial charge in [-0.05, 0) is 19.4 Å². The Bertz CT molecular complexity index is 427. The van der Waals surface area contributed by atoms with Crippen LogP contribution in [0.2, 0.25) is 0 Å². The summed E-state index contributed by atoms with van der Waals surface area (Å²) in [6.45, 7) is 3.83. The van der Waals surface area contributed by atoms with Gasteiger partial charge in [-0.25, -0.2) is 0 Å². The zero-order valence-electron chi connectivity index (χ0n) is 8.04. The molecule has 0 spiro atoms. The largest absolute Gasteiger partial charge is 0.294 e. The van der Waals surface area contributed by atoms with Gasteiger partial charge in [0, 0.05) is 16.3 Å². The Labute approximate surface area is 91.2 Å². The van der Waals surface area contributed by atoms with Gasteiger partial charge in [-0.1, -0.05) is 28.1 Å². The second kappa shape index (κ2) is 3.31. The Hall–Kier alpha value is -0.960. The molecule has 0 radical (unpaired) electrons. The predicted molar refractivity (Wildman–Crippen MR) is 60.5 cm³/mol. The summed E-state index contributed by atoms with van der Waals surface area (Å²) in [5, 5.41) is 0. The second-order valence-electron chi connectivity index (χ2n) is 3.49. The van der Waals surface area contributed by atoms with Crippen LogP contribution in [0, 0.1) is 5.92 Å². The highest BCUT2D eigenvalue weighted by Crippen LogP contribution is 2.29. The van der Waals surface area contributed by atoms with Crippen LogP contribution in [0.1, 0.15) is 13.8 Å². The van der Waals surface area contributed by atoms with Crippen LogP contribution in [0.4, 0.5) is 0 Å². The van der Waals surface area contributed by atoms with E-state index in [9.17, 15) is 4.79 Å². The molecule has 72 valence electrons. The molecule has 3 heteroatoms. The number of aliphatic imine (C=N–C) groups is 1. The lowest BCUT2D eigenvalue weighted by Gasteiger charge is -2.22. The molecule has 0 saturated carbocycles. The fourth-order valence-electron chi connectivity index (χ4n) is 1.65. The Morgan fingerprint density at radius 2 is 2.14 bits per heavy atom. The van der Waals surface area contributed by atoms with E-state index in [-0.39, 0.29) is 11.7 Å². The predicted octanol–water partition coefficient (Wildman–Crippen LogP) is 2.77. The number of ketones is 1. The zero-order valence-corrected chi connectivity index (χ0v) is 9.63. The zero-order chi connectivity index (χ0) is 10.3. The van der Waals surface area contributed by atoms with E-state index in [1.54, 1.807) is 6.08 Å². The molecule has 0 aromatic heterocycles. The highest BCUT2D eigenvalue weighted by Gasteiger charge is 2.28. The summed E-state index contributed by atoms with van der Waals surface area (Å²) in [6.07, 6.45) is 5.41. The third-order valence-corrected chi connectivity index (χ3v) is 3.29. The molecule has 0 bridgehead atoms. The van der Waals surface area contributed by atoms with Crippen molar-refractivity contribution in [2.75, 3.05) is 0 Å². The summed E-state index contributed by atoms with van der Waals surface area (Å²) in [6, 6.07) is 0. The molecule has 1 unspecified atom stereocenters. The molecule has 2 rings (SSSR count). The van der Waals surface area contributed by atoms with Crippen molar-refractivity contribution < 1.29 is 4.79 Å². The number of hydrogen-bond donors (Lipinski definition) is 0. The molecule has 1 aliphatic heterocycles. The number of halogens is 1. The maximum atomic E-state index is 11.6. The van der Waals surface area contributed by atoms with Gasteiger partial charge < -0.3 is 0 Å². The molecule has 0 saturated heterocycles. The van der Waals surface area contributed by atoms with Crippen molar-refractivity contribution in [3.05, 3.63) is 34.0 Å². The smallest absolute Gasteiger partial charge is 0.170 e. The van der Waals surface area contributed by atoms with E-state index >= 15 is 0 Å². The van der Waals surface area contributed by atoms with E-state index in [4.69, 9.17) is 0 Å². The first-order valence-corrected chi connectivity index (χ1v) is 5.24. The second-order valence-corrected chi connectivity index (χ2v) is 4.35. The van der Waals surface area contributed by atoms with Crippen molar-refractivity contribution in [3.63, 3.8) is 0 Å². The lowest BCUT2D eigenvalue weighted by atomic mass is 9.87. The van der Waals surface area contributed by atoms with Crippen LogP contribution in [-0.2, 0) is 4.79 Å². The third kappa shape index (κ3) is 1.42. The fourth-order valence-corrected chi connectivity index (χ4v) is 2.01. The first-order valence-electron chi connectivity index (χ1n) is 4.45. The number of hydrogen-bond acceptors (Lipinski definition) is 2. The van der Waals surface area contributed by atoms with Gasteiger partial charge in [0.25, 0.3) is 0 Å². The van der Waals surface area contributed by atoms with Crippen molar-refractivity contribution in [2.24, 2.45) is 10.9 Å². The summed E-state index contributed by atoms with van der Waals surface area (Å²) in [7, 11) is 0. The Morgan fingerprint density at radius 3 is 2.86 bits per heavy atom. The van der Waals surface area contributed by atoms with E-state index in [1.165, 1.54) is 0 Å².